The first-order valence-electron chi connectivity index (χ1n) is 9.17. The molecule has 0 amide bonds. The van der Waals surface area contributed by atoms with Crippen molar-refractivity contribution in [1.82, 2.24) is 0 Å². The quantitative estimate of drug-likeness (QED) is 0.351. The zero-order chi connectivity index (χ0) is 17.6. The van der Waals surface area contributed by atoms with Crippen molar-refractivity contribution in [2.24, 2.45) is 0 Å². The van der Waals surface area contributed by atoms with Crippen LogP contribution < -0.4 is 0 Å². The van der Waals surface area contributed by atoms with Gasteiger partial charge in [-0.1, -0.05) is 81.9 Å². The molecule has 0 radical (unpaired) electrons. The van der Waals surface area contributed by atoms with Crippen LogP contribution in [0.3, 0.4) is 0 Å². The Labute approximate surface area is 147 Å². The Kier molecular flexibility index (Phi) is 10.4. The lowest BCUT2D eigenvalue weighted by atomic mass is 10.1. The van der Waals surface area contributed by atoms with E-state index in [0.29, 0.717) is 5.56 Å². The van der Waals surface area contributed by atoms with Crippen LogP contribution in [0.25, 0.3) is 6.08 Å². The molecule has 2 N–H and O–H groups in total. The molecule has 0 aliphatic rings. The standard InChI is InChI=1S/C22H32O2/c1-3-4-5-6-7-8-9-10-11-12-13-14-15-16-20-17-21(23)19(2)22(24)18-20/h11-18,23-24H,3-10H2,1-2H3. The second-order valence-electron chi connectivity index (χ2n) is 6.27. The molecule has 0 heterocycles. The number of benzene rings is 1. The van der Waals surface area contributed by atoms with Crippen molar-refractivity contribution in [3.05, 3.63) is 53.6 Å². The molecule has 2 heteroatoms. The number of unbranched alkanes of at least 4 members (excludes halogenated alkanes) is 7. The lowest BCUT2D eigenvalue weighted by Crippen LogP contribution is -1.79. The second-order valence-corrected chi connectivity index (χ2v) is 6.27. The van der Waals surface area contributed by atoms with E-state index in [1.165, 1.54) is 44.9 Å². The first-order valence-corrected chi connectivity index (χ1v) is 9.17. The van der Waals surface area contributed by atoms with Crippen molar-refractivity contribution in [2.75, 3.05) is 0 Å². The number of allylic oxidation sites excluding steroid dienone is 5. The normalized spacial score (nSPS) is 12.1. The average molecular weight is 328 g/mol. The van der Waals surface area contributed by atoms with E-state index in [1.54, 1.807) is 19.1 Å². The van der Waals surface area contributed by atoms with Crippen molar-refractivity contribution in [3.63, 3.8) is 0 Å². The molecule has 0 spiro atoms. The summed E-state index contributed by atoms with van der Waals surface area (Å²) in [6.07, 6.45) is 22.6. The van der Waals surface area contributed by atoms with Gasteiger partial charge in [0.05, 0.1) is 0 Å². The first-order chi connectivity index (χ1) is 11.6. The molecule has 0 unspecified atom stereocenters. The van der Waals surface area contributed by atoms with Crippen LogP contribution in [-0.4, -0.2) is 10.2 Å². The minimum absolute atomic E-state index is 0.119. The van der Waals surface area contributed by atoms with E-state index < -0.39 is 0 Å². The highest BCUT2D eigenvalue weighted by Crippen LogP contribution is 2.28. The maximum Gasteiger partial charge on any atom is 0.122 e. The number of hydrogen-bond donors (Lipinski definition) is 2. The molecule has 0 saturated carbocycles. The third kappa shape index (κ3) is 8.61. The first kappa shape index (κ1) is 20.1. The van der Waals surface area contributed by atoms with Gasteiger partial charge < -0.3 is 10.2 Å². The van der Waals surface area contributed by atoms with Crippen LogP contribution in [0.1, 0.15) is 69.4 Å². The fraction of sp³-hybridized carbons (Fsp3) is 0.455. The van der Waals surface area contributed by atoms with Crippen LogP contribution in [0, 0.1) is 6.92 Å². The van der Waals surface area contributed by atoms with Crippen LogP contribution in [0.2, 0.25) is 0 Å². The predicted molar refractivity (Wildman–Crippen MR) is 104 cm³/mol. The van der Waals surface area contributed by atoms with Gasteiger partial charge in [0.2, 0.25) is 0 Å². The predicted octanol–water partition coefficient (Wildman–Crippen LogP) is 6.67. The highest BCUT2D eigenvalue weighted by atomic mass is 16.3. The van der Waals surface area contributed by atoms with Crippen molar-refractivity contribution >= 4 is 6.08 Å². The summed E-state index contributed by atoms with van der Waals surface area (Å²) < 4.78 is 0. The second kappa shape index (κ2) is 12.5. The van der Waals surface area contributed by atoms with E-state index >= 15 is 0 Å². The Hall–Kier alpha value is -1.96. The Balaban J connectivity index is 2.19. The van der Waals surface area contributed by atoms with Gasteiger partial charge in [-0.05, 0) is 37.5 Å². The zero-order valence-electron chi connectivity index (χ0n) is 15.2. The molecule has 1 aromatic rings. The molecule has 0 aromatic heterocycles. The Morgan fingerprint density at radius 1 is 0.792 bits per heavy atom. The number of phenolic OH excluding ortho intramolecular Hbond substituents is 2. The van der Waals surface area contributed by atoms with Crippen LogP contribution in [0.4, 0.5) is 0 Å². The SMILES string of the molecule is CCCCCCCCCC=CC=CC=Cc1cc(O)c(C)c(O)c1. The third-order valence-electron chi connectivity index (χ3n) is 4.11. The van der Waals surface area contributed by atoms with Gasteiger partial charge in [0.15, 0.2) is 0 Å². The maximum atomic E-state index is 9.66. The van der Waals surface area contributed by atoms with Crippen molar-refractivity contribution in [2.45, 2.75) is 65.2 Å². The van der Waals surface area contributed by atoms with Crippen LogP contribution in [0.5, 0.6) is 11.5 Å². The molecule has 2 nitrogen and oxygen atoms in total. The van der Waals surface area contributed by atoms with Crippen LogP contribution >= 0.6 is 0 Å². The van der Waals surface area contributed by atoms with E-state index in [1.807, 2.05) is 24.3 Å². The third-order valence-corrected chi connectivity index (χ3v) is 4.11. The summed E-state index contributed by atoms with van der Waals surface area (Å²) in [6, 6.07) is 3.30. The lowest BCUT2D eigenvalue weighted by Gasteiger charge is -2.03. The van der Waals surface area contributed by atoms with Gasteiger partial charge in [0.25, 0.3) is 0 Å². The molecule has 24 heavy (non-hydrogen) atoms. The van der Waals surface area contributed by atoms with Gasteiger partial charge in [-0.25, -0.2) is 0 Å². The van der Waals surface area contributed by atoms with Gasteiger partial charge in [-0.15, -0.1) is 0 Å². The average Bonchev–Trinajstić information content (AvgIpc) is 2.56. The summed E-state index contributed by atoms with van der Waals surface area (Å²) in [4.78, 5) is 0. The Morgan fingerprint density at radius 2 is 1.38 bits per heavy atom. The fourth-order valence-electron chi connectivity index (χ4n) is 2.49. The monoisotopic (exact) mass is 328 g/mol. The van der Waals surface area contributed by atoms with Crippen molar-refractivity contribution in [3.8, 4) is 11.5 Å². The summed E-state index contributed by atoms with van der Waals surface area (Å²) >= 11 is 0. The van der Waals surface area contributed by atoms with Crippen molar-refractivity contribution < 1.29 is 10.2 Å². The molecule has 0 fully saturated rings. The molecule has 1 rings (SSSR count). The molecule has 132 valence electrons. The number of rotatable bonds is 11. The molecule has 0 aliphatic carbocycles. The van der Waals surface area contributed by atoms with E-state index in [9.17, 15) is 10.2 Å². The van der Waals surface area contributed by atoms with Crippen molar-refractivity contribution in [1.29, 1.82) is 0 Å². The highest BCUT2D eigenvalue weighted by molar-refractivity contribution is 5.58. The largest absolute Gasteiger partial charge is 0.508 e. The van der Waals surface area contributed by atoms with Crippen LogP contribution in [0.15, 0.2) is 42.5 Å². The van der Waals surface area contributed by atoms with E-state index in [0.717, 1.165) is 12.0 Å². The summed E-state index contributed by atoms with van der Waals surface area (Å²) in [5, 5.41) is 19.3. The minimum atomic E-state index is 0.119. The topological polar surface area (TPSA) is 40.5 Å². The van der Waals surface area contributed by atoms with E-state index in [-0.39, 0.29) is 11.5 Å². The molecule has 1 aromatic carbocycles. The number of phenols is 2. The minimum Gasteiger partial charge on any atom is -0.508 e. The summed E-state index contributed by atoms with van der Waals surface area (Å²) in [7, 11) is 0. The number of hydrogen-bond acceptors (Lipinski definition) is 2. The lowest BCUT2D eigenvalue weighted by molar-refractivity contribution is 0.443. The zero-order valence-corrected chi connectivity index (χ0v) is 15.2. The Morgan fingerprint density at radius 3 is 2.04 bits per heavy atom. The van der Waals surface area contributed by atoms with Gasteiger partial charge in [-0.3, -0.25) is 0 Å². The molecule has 0 saturated heterocycles. The molecule has 0 aliphatic heterocycles. The van der Waals surface area contributed by atoms with Gasteiger partial charge in [0, 0.05) is 5.56 Å². The smallest absolute Gasteiger partial charge is 0.122 e. The summed E-state index contributed by atoms with van der Waals surface area (Å²) in [6.45, 7) is 3.94. The molecular weight excluding hydrogens is 296 g/mol. The van der Waals surface area contributed by atoms with E-state index in [4.69, 9.17) is 0 Å². The maximum absolute atomic E-state index is 9.66. The van der Waals surface area contributed by atoms with Gasteiger partial charge in [0.1, 0.15) is 11.5 Å². The summed E-state index contributed by atoms with van der Waals surface area (Å²) in [5.41, 5.74) is 1.29. The van der Waals surface area contributed by atoms with Gasteiger partial charge in [-0.2, -0.15) is 0 Å². The van der Waals surface area contributed by atoms with E-state index in [2.05, 4.69) is 19.1 Å². The highest BCUT2D eigenvalue weighted by Gasteiger charge is 2.02. The molecular formula is C22H32O2. The van der Waals surface area contributed by atoms with Gasteiger partial charge >= 0.3 is 0 Å². The van der Waals surface area contributed by atoms with Crippen LogP contribution in [-0.2, 0) is 0 Å². The number of aromatic hydroxyl groups is 2. The fourth-order valence-corrected chi connectivity index (χ4v) is 2.49. The Bertz CT molecular complexity index is 530. The summed E-state index contributed by atoms with van der Waals surface area (Å²) in [5.74, 6) is 0.237. The molecule has 0 bridgehead atoms. The molecule has 0 atom stereocenters.